The minimum absolute atomic E-state index is 0.408. The highest BCUT2D eigenvalue weighted by Crippen LogP contribution is 2.43. The number of nitrogens with zero attached hydrogens (tertiary/aromatic N) is 1. The van der Waals surface area contributed by atoms with Crippen LogP contribution in [0, 0.1) is 0 Å². The molecule has 2 unspecified atom stereocenters. The van der Waals surface area contributed by atoms with E-state index in [9.17, 15) is 0 Å². The summed E-state index contributed by atoms with van der Waals surface area (Å²) in [5.41, 5.74) is 8.73. The summed E-state index contributed by atoms with van der Waals surface area (Å²) in [5, 5.41) is 1.29. The second-order valence-corrected chi connectivity index (χ2v) is 8.07. The topological polar surface area (TPSA) is 28.7 Å². The normalized spacial score (nSPS) is 13.5. The number of aromatic amines is 1. The summed E-state index contributed by atoms with van der Waals surface area (Å²) >= 11 is 0. The fraction of sp³-hybridized carbons (Fsp3) is 0.296. The number of hydrogen-bond acceptors (Lipinski definition) is 1. The number of fused-ring (bicyclic) bond motifs is 1. The Kier molecular flexibility index (Phi) is 5.53. The van der Waals surface area contributed by atoms with Gasteiger partial charge >= 0.3 is 0 Å². The van der Waals surface area contributed by atoms with Crippen molar-refractivity contribution in [3.8, 4) is 22.3 Å². The van der Waals surface area contributed by atoms with Crippen molar-refractivity contribution in [2.75, 3.05) is 0 Å². The van der Waals surface area contributed by atoms with E-state index in [-0.39, 0.29) is 0 Å². The zero-order chi connectivity index (χ0) is 20.4. The molecule has 2 nitrogen and oxygen atoms in total. The summed E-state index contributed by atoms with van der Waals surface area (Å²) in [6.07, 6.45) is 4.23. The van der Waals surface area contributed by atoms with Crippen molar-refractivity contribution in [2.24, 2.45) is 0 Å². The van der Waals surface area contributed by atoms with Crippen LogP contribution in [0.4, 0.5) is 0 Å². The number of hydrogen-bond donors (Lipinski definition) is 1. The van der Waals surface area contributed by atoms with Gasteiger partial charge in [0.25, 0.3) is 0 Å². The first-order chi connectivity index (χ1) is 14.2. The molecule has 4 aromatic rings. The Morgan fingerprint density at radius 2 is 1.38 bits per heavy atom. The first-order valence-corrected chi connectivity index (χ1v) is 10.8. The Labute approximate surface area is 174 Å². The van der Waals surface area contributed by atoms with Gasteiger partial charge in [-0.2, -0.15) is 0 Å². The lowest BCUT2D eigenvalue weighted by molar-refractivity contribution is 0.714. The van der Waals surface area contributed by atoms with Gasteiger partial charge in [-0.15, -0.1) is 0 Å². The minimum Gasteiger partial charge on any atom is -0.357 e. The van der Waals surface area contributed by atoms with Crippen LogP contribution >= 0.6 is 0 Å². The zero-order valence-corrected chi connectivity index (χ0v) is 17.9. The van der Waals surface area contributed by atoms with E-state index in [1.54, 1.807) is 0 Å². The standard InChI is InChI=1S/C27H30N2/c1-5-18(3)25-24-23(21-15-11-8-12-16-21)26(19(4)6-2)29-27(24)22(17-28-25)20-13-9-7-10-14-20/h7-19,29H,5-6H2,1-4H3. The molecule has 2 atom stereocenters. The average Bonchev–Trinajstić information content (AvgIpc) is 3.19. The van der Waals surface area contributed by atoms with E-state index in [0.717, 1.165) is 12.8 Å². The zero-order valence-electron chi connectivity index (χ0n) is 17.9. The van der Waals surface area contributed by atoms with Crippen molar-refractivity contribution in [1.82, 2.24) is 9.97 Å². The van der Waals surface area contributed by atoms with Crippen molar-refractivity contribution in [1.29, 1.82) is 0 Å². The van der Waals surface area contributed by atoms with Gasteiger partial charge in [0.15, 0.2) is 0 Å². The molecular formula is C27H30N2. The summed E-state index contributed by atoms with van der Waals surface area (Å²) in [6, 6.07) is 21.4. The van der Waals surface area contributed by atoms with Gasteiger partial charge in [0.05, 0.1) is 11.2 Å². The number of pyridine rings is 1. The maximum Gasteiger partial charge on any atom is 0.0576 e. The van der Waals surface area contributed by atoms with Crippen molar-refractivity contribution in [3.05, 3.63) is 78.2 Å². The maximum absolute atomic E-state index is 5.02. The highest BCUT2D eigenvalue weighted by molar-refractivity contribution is 6.05. The fourth-order valence-electron chi connectivity index (χ4n) is 4.12. The Morgan fingerprint density at radius 1 is 0.793 bits per heavy atom. The number of H-pyrrole nitrogens is 1. The molecule has 2 heteroatoms. The predicted octanol–water partition coefficient (Wildman–Crippen LogP) is 7.92. The first-order valence-electron chi connectivity index (χ1n) is 10.8. The van der Waals surface area contributed by atoms with Crippen molar-refractivity contribution >= 4 is 10.9 Å². The quantitative estimate of drug-likeness (QED) is 0.360. The molecule has 29 heavy (non-hydrogen) atoms. The molecule has 0 aliphatic rings. The van der Waals surface area contributed by atoms with Gasteiger partial charge in [-0.3, -0.25) is 4.98 Å². The van der Waals surface area contributed by atoms with Crippen LogP contribution in [0.1, 0.15) is 63.8 Å². The summed E-state index contributed by atoms with van der Waals surface area (Å²) in [5.74, 6) is 0.858. The Hall–Kier alpha value is -2.87. The molecule has 2 aromatic heterocycles. The van der Waals surface area contributed by atoms with E-state index in [1.807, 2.05) is 0 Å². The highest BCUT2D eigenvalue weighted by Gasteiger charge is 2.24. The average molecular weight is 383 g/mol. The second-order valence-electron chi connectivity index (χ2n) is 8.07. The second kappa shape index (κ2) is 8.24. The van der Waals surface area contributed by atoms with Gasteiger partial charge < -0.3 is 4.98 Å². The van der Waals surface area contributed by atoms with Crippen LogP contribution < -0.4 is 0 Å². The number of nitrogens with one attached hydrogen (secondary N) is 1. The Balaban J connectivity index is 2.13. The van der Waals surface area contributed by atoms with E-state index >= 15 is 0 Å². The molecular weight excluding hydrogens is 352 g/mol. The third kappa shape index (κ3) is 3.48. The summed E-state index contributed by atoms with van der Waals surface area (Å²) in [7, 11) is 0. The molecule has 2 heterocycles. The van der Waals surface area contributed by atoms with Crippen LogP contribution in [0.25, 0.3) is 33.2 Å². The summed E-state index contributed by atoms with van der Waals surface area (Å²) in [4.78, 5) is 8.88. The molecule has 0 saturated heterocycles. The molecule has 1 N–H and O–H groups in total. The third-order valence-corrected chi connectivity index (χ3v) is 6.22. The Bertz CT molecular complexity index is 1090. The fourth-order valence-corrected chi connectivity index (χ4v) is 4.12. The molecule has 0 radical (unpaired) electrons. The maximum atomic E-state index is 5.02. The van der Waals surface area contributed by atoms with Crippen molar-refractivity contribution < 1.29 is 0 Å². The van der Waals surface area contributed by atoms with Gasteiger partial charge in [0.1, 0.15) is 0 Å². The SMILES string of the molecule is CCC(C)c1[nH]c2c(-c3ccccc3)cnc(C(C)CC)c2c1-c1ccccc1. The first kappa shape index (κ1) is 19.4. The molecule has 0 aliphatic heterocycles. The van der Waals surface area contributed by atoms with E-state index in [1.165, 1.54) is 44.5 Å². The van der Waals surface area contributed by atoms with Crippen LogP contribution in [0.15, 0.2) is 66.9 Å². The minimum atomic E-state index is 0.408. The largest absolute Gasteiger partial charge is 0.357 e. The van der Waals surface area contributed by atoms with Crippen LogP contribution in [0.5, 0.6) is 0 Å². The molecule has 0 spiro atoms. The number of benzene rings is 2. The lowest BCUT2D eigenvalue weighted by Gasteiger charge is -2.15. The lowest BCUT2D eigenvalue weighted by atomic mass is 9.90. The third-order valence-electron chi connectivity index (χ3n) is 6.22. The molecule has 0 amide bonds. The lowest BCUT2D eigenvalue weighted by Crippen LogP contribution is -1.99. The van der Waals surface area contributed by atoms with Crippen LogP contribution in [-0.4, -0.2) is 9.97 Å². The van der Waals surface area contributed by atoms with Gasteiger partial charge in [-0.25, -0.2) is 0 Å². The molecule has 148 valence electrons. The smallest absolute Gasteiger partial charge is 0.0576 e. The van der Waals surface area contributed by atoms with Crippen LogP contribution in [0.3, 0.4) is 0 Å². The van der Waals surface area contributed by atoms with Crippen molar-refractivity contribution in [3.63, 3.8) is 0 Å². The van der Waals surface area contributed by atoms with E-state index < -0.39 is 0 Å². The molecule has 2 aromatic carbocycles. The molecule has 4 rings (SSSR count). The summed E-state index contributed by atoms with van der Waals surface area (Å²) in [6.45, 7) is 9.11. The molecule has 0 bridgehead atoms. The molecule has 0 aliphatic carbocycles. The molecule has 0 saturated carbocycles. The van der Waals surface area contributed by atoms with E-state index in [0.29, 0.717) is 11.8 Å². The number of rotatable bonds is 6. The van der Waals surface area contributed by atoms with Crippen LogP contribution in [-0.2, 0) is 0 Å². The predicted molar refractivity (Wildman–Crippen MR) is 124 cm³/mol. The van der Waals surface area contributed by atoms with Gasteiger partial charge in [-0.1, -0.05) is 88.4 Å². The van der Waals surface area contributed by atoms with Gasteiger partial charge in [0, 0.05) is 28.4 Å². The van der Waals surface area contributed by atoms with E-state index in [2.05, 4.69) is 99.5 Å². The van der Waals surface area contributed by atoms with Crippen LogP contribution in [0.2, 0.25) is 0 Å². The van der Waals surface area contributed by atoms with Gasteiger partial charge in [0.2, 0.25) is 0 Å². The number of aromatic nitrogens is 2. The Morgan fingerprint density at radius 3 is 1.97 bits per heavy atom. The summed E-state index contributed by atoms with van der Waals surface area (Å²) < 4.78 is 0. The monoisotopic (exact) mass is 382 g/mol. The van der Waals surface area contributed by atoms with Crippen molar-refractivity contribution in [2.45, 2.75) is 52.4 Å². The highest BCUT2D eigenvalue weighted by atomic mass is 14.8. The van der Waals surface area contributed by atoms with Gasteiger partial charge in [-0.05, 0) is 35.8 Å². The molecule has 0 fully saturated rings. The van der Waals surface area contributed by atoms with E-state index in [4.69, 9.17) is 4.98 Å².